The molecule has 0 fully saturated rings. The van der Waals surface area contributed by atoms with Gasteiger partial charge in [-0.15, -0.1) is 0 Å². The summed E-state index contributed by atoms with van der Waals surface area (Å²) in [5.74, 6) is -20.3. The van der Waals surface area contributed by atoms with Crippen LogP contribution >= 0.6 is 11.8 Å². The zero-order valence-corrected chi connectivity index (χ0v) is 71.2. The number of carbonyl (C=O) groups excluding carboxylic acids is 16. The molecule has 0 aliphatic heterocycles. The lowest BCUT2D eigenvalue weighted by Crippen LogP contribution is -2.73. The number of primary amides is 1. The number of carbonyl (C=O) groups is 18. The molecule has 0 heterocycles. The van der Waals surface area contributed by atoms with Crippen LogP contribution in [0.15, 0.2) is 30.3 Å². The molecule has 0 aliphatic carbocycles. The van der Waals surface area contributed by atoms with Gasteiger partial charge in [0.1, 0.15) is 96.7 Å². The van der Waals surface area contributed by atoms with E-state index in [4.69, 9.17) is 5.73 Å². The van der Waals surface area contributed by atoms with E-state index in [-0.39, 0.29) is 44.4 Å². The van der Waals surface area contributed by atoms with Gasteiger partial charge in [0.05, 0.1) is 32.7 Å². The highest BCUT2D eigenvalue weighted by Gasteiger charge is 2.40. The van der Waals surface area contributed by atoms with Crippen molar-refractivity contribution in [1.82, 2.24) is 79.8 Å². The predicted molar refractivity (Wildman–Crippen MR) is 432 cm³/mol. The minimum absolute atomic E-state index is 0.0117. The molecule has 43 heteroatoms. The molecular formula is C76H132N19O23S+3. The molecule has 0 saturated carbocycles. The first kappa shape index (κ1) is 107. The molecule has 1 aromatic rings. The summed E-state index contributed by atoms with van der Waals surface area (Å²) in [6, 6.07) is -15.1. The Labute approximate surface area is 697 Å². The van der Waals surface area contributed by atoms with Gasteiger partial charge in [0.2, 0.25) is 88.6 Å². The van der Waals surface area contributed by atoms with E-state index in [1.165, 1.54) is 53.3 Å². The van der Waals surface area contributed by atoms with Crippen LogP contribution in [0.1, 0.15) is 166 Å². The number of thioether (sulfide) groups is 1. The van der Waals surface area contributed by atoms with Crippen molar-refractivity contribution >= 4 is 118 Å². The largest absolute Gasteiger partial charge is 0.481 e. The molecule has 119 heavy (non-hydrogen) atoms. The highest BCUT2D eigenvalue weighted by molar-refractivity contribution is 7.98. The van der Waals surface area contributed by atoms with Crippen molar-refractivity contribution in [2.24, 2.45) is 29.4 Å². The van der Waals surface area contributed by atoms with Crippen LogP contribution in [0.2, 0.25) is 0 Å². The Morgan fingerprint density at radius 3 is 1.20 bits per heavy atom. The molecule has 0 radical (unpaired) electrons. The average molecular weight is 1710 g/mol. The fraction of sp³-hybridized carbons (Fsp3) is 0.684. The van der Waals surface area contributed by atoms with Crippen LogP contribution in [0.5, 0.6) is 0 Å². The van der Waals surface area contributed by atoms with Crippen LogP contribution in [0.4, 0.5) is 0 Å². The molecule has 672 valence electrons. The summed E-state index contributed by atoms with van der Waals surface area (Å²) in [5, 5.41) is 86.8. The predicted octanol–water partition coefficient (Wildman–Crippen LogP) is -8.66. The number of hydrogen-bond donors (Lipinski definition) is 24. The summed E-state index contributed by atoms with van der Waals surface area (Å²) in [6.07, 6.45) is 0.380. The van der Waals surface area contributed by atoms with Crippen molar-refractivity contribution in [2.75, 3.05) is 38.3 Å². The van der Waals surface area contributed by atoms with E-state index >= 15 is 0 Å². The van der Waals surface area contributed by atoms with E-state index in [9.17, 15) is 112 Å². The fourth-order valence-electron chi connectivity index (χ4n) is 11.6. The van der Waals surface area contributed by atoms with Crippen LogP contribution in [0.25, 0.3) is 0 Å². The minimum Gasteiger partial charge on any atom is -0.481 e. The topological polar surface area (TPSA) is 698 Å². The lowest BCUT2D eigenvalue weighted by Gasteiger charge is -2.30. The fourth-order valence-corrected chi connectivity index (χ4v) is 12.0. The number of aliphatic hydroxyl groups is 3. The van der Waals surface area contributed by atoms with Gasteiger partial charge in [-0.2, -0.15) is 11.8 Å². The lowest BCUT2D eigenvalue weighted by atomic mass is 9.96. The molecule has 31 N–H and O–H groups in total. The summed E-state index contributed by atoms with van der Waals surface area (Å²) in [5.41, 5.74) is 17.4. The van der Waals surface area contributed by atoms with Gasteiger partial charge in [-0.3, -0.25) is 81.5 Å². The van der Waals surface area contributed by atoms with E-state index in [0.29, 0.717) is 50.1 Å². The molecule has 0 bridgehead atoms. The zero-order valence-electron chi connectivity index (χ0n) is 70.4. The molecule has 0 aromatic heterocycles. The first-order valence-corrected chi connectivity index (χ1v) is 41.4. The van der Waals surface area contributed by atoms with Crippen LogP contribution in [-0.4, -0.2) is 273 Å². The Hall–Kier alpha value is -10.2. The maximum absolute atomic E-state index is 14.3. The quantitative estimate of drug-likeness (QED) is 0.0269. The molecule has 0 spiro atoms. The first-order chi connectivity index (χ1) is 55.8. The second-order valence-electron chi connectivity index (χ2n) is 30.5. The third kappa shape index (κ3) is 39.5. The maximum atomic E-state index is 14.3. The number of benzene rings is 1. The van der Waals surface area contributed by atoms with E-state index in [1.54, 1.807) is 78.1 Å². The zero-order chi connectivity index (χ0) is 90.7. The number of aliphatic hydroxyl groups excluding tert-OH is 3. The molecule has 42 nitrogen and oxygen atoms in total. The summed E-state index contributed by atoms with van der Waals surface area (Å²) in [6.45, 7) is 16.6. The van der Waals surface area contributed by atoms with E-state index in [0.717, 1.165) is 0 Å². The van der Waals surface area contributed by atoms with Gasteiger partial charge in [0, 0.05) is 12.8 Å². The number of rotatable bonds is 58. The number of nitrogens with one attached hydrogen (secondary N) is 15. The molecule has 0 aliphatic rings. The molecule has 0 unspecified atom stereocenters. The molecule has 16 amide bonds. The average Bonchev–Trinajstić information content (AvgIpc) is 0.854. The first-order valence-electron chi connectivity index (χ1n) is 40.0. The smallest absolute Gasteiger partial charge is 0.326 e. The summed E-state index contributed by atoms with van der Waals surface area (Å²) < 4.78 is 0. The third-order valence-corrected chi connectivity index (χ3v) is 19.8. The highest BCUT2D eigenvalue weighted by Crippen LogP contribution is 2.16. The van der Waals surface area contributed by atoms with E-state index in [1.807, 2.05) is 0 Å². The summed E-state index contributed by atoms with van der Waals surface area (Å²) >= 11 is 1.36. The number of quaternary nitrogens is 3. The highest BCUT2D eigenvalue weighted by atomic mass is 32.2. The van der Waals surface area contributed by atoms with Crippen molar-refractivity contribution in [3.63, 3.8) is 0 Å². The molecule has 18 atom stereocenters. The Balaban J connectivity index is 3.36. The number of unbranched alkanes of at least 4 members (excludes halogenated alkanes) is 2. The van der Waals surface area contributed by atoms with Crippen molar-refractivity contribution < 1.29 is 129 Å². The Morgan fingerprint density at radius 1 is 0.412 bits per heavy atom. The Kier molecular flexibility index (Phi) is 49.8. The lowest BCUT2D eigenvalue weighted by molar-refractivity contribution is -0.419. The van der Waals surface area contributed by atoms with Crippen LogP contribution in [0, 0.1) is 23.7 Å². The van der Waals surface area contributed by atoms with E-state index < -0.39 is 259 Å². The Bertz CT molecular complexity index is 3550. The number of amides is 16. The van der Waals surface area contributed by atoms with Gasteiger partial charge >= 0.3 is 11.9 Å². The number of hydrogen-bond acceptors (Lipinski definition) is 22. The second-order valence-corrected chi connectivity index (χ2v) is 31.5. The summed E-state index contributed by atoms with van der Waals surface area (Å²) in [7, 11) is 0. The third-order valence-electron chi connectivity index (χ3n) is 19.1. The summed E-state index contributed by atoms with van der Waals surface area (Å²) in [4.78, 5) is 244. The maximum Gasteiger partial charge on any atom is 0.326 e. The Morgan fingerprint density at radius 2 is 0.765 bits per heavy atom. The van der Waals surface area contributed by atoms with Crippen molar-refractivity contribution in [2.45, 2.75) is 269 Å². The van der Waals surface area contributed by atoms with Gasteiger partial charge in [-0.05, 0) is 127 Å². The number of aliphatic carboxylic acids is 2. The van der Waals surface area contributed by atoms with E-state index in [2.05, 4.69) is 97.0 Å². The molecule has 1 rings (SSSR count). The van der Waals surface area contributed by atoms with Crippen LogP contribution < -0.4 is 103 Å². The second kappa shape index (κ2) is 55.5. The monoisotopic (exact) mass is 1710 g/mol. The molecular weight excluding hydrogens is 1580 g/mol. The molecule has 0 saturated heterocycles. The number of nitrogens with two attached hydrogens (primary N) is 1. The van der Waals surface area contributed by atoms with Crippen molar-refractivity contribution in [1.29, 1.82) is 0 Å². The SMILES string of the molecule is CC[C@H](C)[C@H](NC(=O)[C@H](CCCC[NH3+])NC(=O)[C@@H](NC(=O)[C@H](C)NC(=O)[C@H](CC(N)=O)NC(=O)[C@H](C)NC(=O)[C@@H](NC(=O)[C@H](CCC(=O)O)NC(=O)[C@H](CCCC[NH3+])NC(=O)[C@H](Cc1ccccc1)NC(=O)[C@@H]([NH3+])[C@@H](C)O)C(C)C)C(C)C)C(=O)N[C@@H](CO)C(=O)N[C@@H](C)C(=O)N[C@@H](CO)C(=O)N[C@@H](CC(C)C)C(=O)N[C@@H](CCSC)C(=O)O. The number of carboxylic acids is 2. The van der Waals surface area contributed by atoms with Gasteiger partial charge in [-0.1, -0.05) is 92.1 Å². The van der Waals surface area contributed by atoms with Gasteiger partial charge < -0.3 is 128 Å². The molecule has 1 aromatic carbocycles. The standard InChI is InChI=1S/C76H129N19O23S/c1-14-40(8)60(75(116)92-53(35-96)70(111)82-41(9)62(103)91-54(36-97)71(112)89-50(32-37(2)3)68(109)87-49(76(117)118)28-31-119-13)95-65(106)47(25-19-21-30-78)86-74(115)59(39(6)7)93-63(104)43(11)81-67(108)52(34-55(79)99)88-61(102)42(10)83-73(114)58(38(4)5)94-66(107)48(26-27-56(100)101)85-64(105)46(24-18-20-29-77)84-69(110)51(33-45-22-16-15-17-23-45)90-72(113)57(80)44(12)98/h15-17,22-23,37-44,46-54,57-60,96-98H,14,18-21,24-36,77-78,80H2,1-13H3,(H2,79,99)(H,81,108)(H,82,111)(H,83,114)(H,84,110)(H,85,105)(H,86,115)(H,87,109)(H,88,102)(H,89,112)(H,90,113)(H,91,103)(H,92,116)(H,93,104)(H,94,107)(H,95,106)(H,100,101)(H,117,118)/p+3/t40-,41-,42-,43-,44+,46-,47-,48-,49-,50-,51-,52-,53-,54-,57-,58-,59-,60-/m0/s1. The normalized spacial score (nSPS) is 15.8. The van der Waals surface area contributed by atoms with Crippen LogP contribution in [-0.2, 0) is 92.7 Å². The minimum atomic E-state index is -1.81. The van der Waals surface area contributed by atoms with Gasteiger partial charge in [0.15, 0.2) is 6.04 Å². The van der Waals surface area contributed by atoms with Crippen LogP contribution in [0.3, 0.4) is 0 Å². The number of carboxylic acid groups (broad SMARTS) is 2. The van der Waals surface area contributed by atoms with Gasteiger partial charge in [0.25, 0.3) is 5.91 Å². The van der Waals surface area contributed by atoms with Crippen molar-refractivity contribution in [3.05, 3.63) is 35.9 Å². The van der Waals surface area contributed by atoms with Gasteiger partial charge in [-0.25, -0.2) is 4.79 Å². The van der Waals surface area contributed by atoms with Crippen molar-refractivity contribution in [3.8, 4) is 0 Å².